The molecule has 0 heterocycles. The second-order valence-corrected chi connectivity index (χ2v) is 3.88. The molecule has 2 N–H and O–H groups in total. The minimum atomic E-state index is -1.16. The van der Waals surface area contributed by atoms with E-state index in [1.54, 1.807) is 4.90 Å². The molecule has 0 aliphatic carbocycles. The van der Waals surface area contributed by atoms with E-state index >= 15 is 0 Å². The van der Waals surface area contributed by atoms with Crippen LogP contribution in [0.15, 0.2) is 0 Å². The summed E-state index contributed by atoms with van der Waals surface area (Å²) < 4.78 is 0. The predicted octanol–water partition coefficient (Wildman–Crippen LogP) is -0.285. The van der Waals surface area contributed by atoms with Gasteiger partial charge in [-0.05, 0) is 20.8 Å². The van der Waals surface area contributed by atoms with Gasteiger partial charge in [0.2, 0.25) is 5.91 Å². The predicted molar refractivity (Wildman–Crippen MR) is 64.2 cm³/mol. The number of likely N-dealkylation sites (N-methyl/N-ethyl adjacent to an activating group) is 1. The molecule has 7 heteroatoms. The molecule has 0 radical (unpaired) electrons. The maximum absolute atomic E-state index is 12.0. The molecular formula is C11H20N2O5. The maximum Gasteiger partial charge on any atom is 0.317 e. The van der Waals surface area contributed by atoms with Crippen molar-refractivity contribution in [3.8, 4) is 0 Å². The summed E-state index contributed by atoms with van der Waals surface area (Å²) in [5.74, 6) is -2.58. The summed E-state index contributed by atoms with van der Waals surface area (Å²) in [5.41, 5.74) is 0. The fraction of sp³-hybridized carbons (Fsp3) is 0.727. The molecule has 0 aromatic carbocycles. The van der Waals surface area contributed by atoms with Crippen molar-refractivity contribution in [3.05, 3.63) is 0 Å². The molecule has 7 nitrogen and oxygen atoms in total. The number of nitrogens with zero attached hydrogens (tertiary/aromatic N) is 2. The molecule has 0 fully saturated rings. The van der Waals surface area contributed by atoms with Crippen molar-refractivity contribution in [1.29, 1.82) is 0 Å². The molecule has 0 saturated carbocycles. The first-order chi connectivity index (χ1) is 8.33. The average molecular weight is 260 g/mol. The minimum Gasteiger partial charge on any atom is -0.480 e. The molecule has 0 bridgehead atoms. The van der Waals surface area contributed by atoms with Crippen molar-refractivity contribution in [3.63, 3.8) is 0 Å². The molecule has 18 heavy (non-hydrogen) atoms. The van der Waals surface area contributed by atoms with Gasteiger partial charge in [0.25, 0.3) is 0 Å². The van der Waals surface area contributed by atoms with E-state index in [0.717, 1.165) is 4.90 Å². The van der Waals surface area contributed by atoms with Crippen LogP contribution in [0.2, 0.25) is 0 Å². The van der Waals surface area contributed by atoms with E-state index in [9.17, 15) is 14.4 Å². The van der Waals surface area contributed by atoms with Gasteiger partial charge >= 0.3 is 11.9 Å². The van der Waals surface area contributed by atoms with Crippen LogP contribution in [0.25, 0.3) is 0 Å². The highest BCUT2D eigenvalue weighted by atomic mass is 16.4. The molecule has 0 aromatic heterocycles. The number of amides is 1. The van der Waals surface area contributed by atoms with Crippen LogP contribution in [0.5, 0.6) is 0 Å². The van der Waals surface area contributed by atoms with Crippen molar-refractivity contribution in [2.24, 2.45) is 0 Å². The third-order valence-corrected chi connectivity index (χ3v) is 2.66. The van der Waals surface area contributed by atoms with Crippen LogP contribution in [0.1, 0.15) is 20.8 Å². The molecule has 0 rings (SSSR count). The minimum absolute atomic E-state index is 0.262. The molecule has 0 aliphatic rings. The number of carboxylic acids is 2. The summed E-state index contributed by atoms with van der Waals surface area (Å²) in [4.78, 5) is 36.0. The summed E-state index contributed by atoms with van der Waals surface area (Å²) in [6, 6.07) is -0.767. The maximum atomic E-state index is 12.0. The molecule has 0 aromatic rings. The number of carbonyl (C=O) groups excluding carboxylic acids is 1. The zero-order chi connectivity index (χ0) is 14.3. The van der Waals surface area contributed by atoms with E-state index < -0.39 is 31.1 Å². The highest BCUT2D eigenvalue weighted by Gasteiger charge is 2.27. The van der Waals surface area contributed by atoms with Gasteiger partial charge in [0.1, 0.15) is 0 Å². The monoisotopic (exact) mass is 260 g/mol. The Morgan fingerprint density at radius 1 is 1.00 bits per heavy atom. The van der Waals surface area contributed by atoms with Gasteiger partial charge in [-0.15, -0.1) is 0 Å². The normalized spacial score (nSPS) is 12.2. The fourth-order valence-electron chi connectivity index (χ4n) is 1.63. The van der Waals surface area contributed by atoms with Crippen LogP contribution in [-0.4, -0.2) is 70.1 Å². The van der Waals surface area contributed by atoms with Crippen LogP contribution >= 0.6 is 0 Å². The second-order valence-electron chi connectivity index (χ2n) is 3.88. The Morgan fingerprint density at radius 3 is 1.67 bits per heavy atom. The largest absolute Gasteiger partial charge is 0.480 e. The zero-order valence-corrected chi connectivity index (χ0v) is 10.9. The van der Waals surface area contributed by atoms with Gasteiger partial charge in [-0.25, -0.2) is 0 Å². The first-order valence-corrected chi connectivity index (χ1v) is 5.79. The Labute approximate surface area is 106 Å². The molecule has 1 atom stereocenters. The van der Waals surface area contributed by atoms with Crippen molar-refractivity contribution in [2.75, 3.05) is 26.2 Å². The highest BCUT2D eigenvalue weighted by molar-refractivity contribution is 5.83. The van der Waals surface area contributed by atoms with Crippen molar-refractivity contribution < 1.29 is 24.6 Å². The zero-order valence-electron chi connectivity index (χ0n) is 10.9. The van der Waals surface area contributed by atoms with Gasteiger partial charge in [-0.1, -0.05) is 0 Å². The number of rotatable bonds is 8. The van der Waals surface area contributed by atoms with Crippen LogP contribution in [0.3, 0.4) is 0 Å². The van der Waals surface area contributed by atoms with Crippen LogP contribution in [-0.2, 0) is 14.4 Å². The Balaban J connectivity index is 4.81. The number of hydrogen-bond donors (Lipinski definition) is 2. The fourth-order valence-corrected chi connectivity index (χ4v) is 1.63. The quantitative estimate of drug-likeness (QED) is 0.622. The van der Waals surface area contributed by atoms with Crippen molar-refractivity contribution >= 4 is 17.8 Å². The van der Waals surface area contributed by atoms with Crippen molar-refractivity contribution in [2.45, 2.75) is 26.8 Å². The van der Waals surface area contributed by atoms with E-state index in [1.807, 2.05) is 13.8 Å². The third-order valence-electron chi connectivity index (χ3n) is 2.66. The van der Waals surface area contributed by atoms with E-state index in [-0.39, 0.29) is 5.91 Å². The lowest BCUT2D eigenvalue weighted by atomic mass is 10.2. The first kappa shape index (κ1) is 16.4. The molecule has 1 amide bonds. The molecule has 104 valence electrons. The molecule has 0 aliphatic heterocycles. The standard InChI is InChI=1S/C11H20N2O5/c1-4-12(5-2)11(18)8(3)13(6-9(14)15)7-10(16)17/h8H,4-7H2,1-3H3,(H,14,15)(H,16,17). The second kappa shape index (κ2) is 7.65. The SMILES string of the molecule is CCN(CC)C(=O)C(C)N(CC(=O)O)CC(=O)O. The molecule has 0 saturated heterocycles. The summed E-state index contributed by atoms with van der Waals surface area (Å²) in [6.07, 6.45) is 0. The molecule has 1 unspecified atom stereocenters. The smallest absolute Gasteiger partial charge is 0.317 e. The first-order valence-electron chi connectivity index (χ1n) is 5.79. The molecular weight excluding hydrogens is 240 g/mol. The van der Waals surface area contributed by atoms with Gasteiger partial charge < -0.3 is 15.1 Å². The summed E-state index contributed by atoms with van der Waals surface area (Å²) in [7, 11) is 0. The Hall–Kier alpha value is -1.63. The van der Waals surface area contributed by atoms with Crippen LogP contribution in [0.4, 0.5) is 0 Å². The van der Waals surface area contributed by atoms with Gasteiger partial charge in [-0.3, -0.25) is 19.3 Å². The lowest BCUT2D eigenvalue weighted by molar-refractivity contribution is -0.145. The van der Waals surface area contributed by atoms with Crippen molar-refractivity contribution in [1.82, 2.24) is 9.80 Å². The summed E-state index contributed by atoms with van der Waals surface area (Å²) in [5, 5.41) is 17.4. The number of aliphatic carboxylic acids is 2. The molecule has 0 spiro atoms. The summed E-state index contributed by atoms with van der Waals surface area (Å²) >= 11 is 0. The Kier molecular flexibility index (Phi) is 6.96. The average Bonchev–Trinajstić information content (AvgIpc) is 2.27. The number of carbonyl (C=O) groups is 3. The Morgan fingerprint density at radius 2 is 1.39 bits per heavy atom. The Bertz CT molecular complexity index is 299. The number of carboxylic acid groups (broad SMARTS) is 2. The topological polar surface area (TPSA) is 98.2 Å². The van der Waals surface area contributed by atoms with E-state index in [0.29, 0.717) is 13.1 Å². The van der Waals surface area contributed by atoms with Crippen LogP contribution < -0.4 is 0 Å². The third kappa shape index (κ3) is 5.13. The van der Waals surface area contributed by atoms with Gasteiger partial charge in [0.05, 0.1) is 19.1 Å². The lowest BCUT2D eigenvalue weighted by Crippen LogP contribution is -2.50. The van der Waals surface area contributed by atoms with E-state index in [1.165, 1.54) is 6.92 Å². The summed E-state index contributed by atoms with van der Waals surface area (Å²) in [6.45, 7) is 5.22. The van der Waals surface area contributed by atoms with E-state index in [2.05, 4.69) is 0 Å². The van der Waals surface area contributed by atoms with Crippen LogP contribution in [0, 0.1) is 0 Å². The number of hydrogen-bond acceptors (Lipinski definition) is 4. The van der Waals surface area contributed by atoms with Gasteiger partial charge in [0, 0.05) is 13.1 Å². The van der Waals surface area contributed by atoms with Gasteiger partial charge in [-0.2, -0.15) is 0 Å². The highest BCUT2D eigenvalue weighted by Crippen LogP contribution is 2.04. The van der Waals surface area contributed by atoms with Gasteiger partial charge in [0.15, 0.2) is 0 Å². The van der Waals surface area contributed by atoms with E-state index in [4.69, 9.17) is 10.2 Å². The lowest BCUT2D eigenvalue weighted by Gasteiger charge is -2.29.